The highest BCUT2D eigenvalue weighted by Crippen LogP contribution is 2.28. The summed E-state index contributed by atoms with van der Waals surface area (Å²) in [6.45, 7) is 1.25. The fourth-order valence-electron chi connectivity index (χ4n) is 3.55. The third kappa shape index (κ3) is 4.54. The first-order valence-corrected chi connectivity index (χ1v) is 9.36. The van der Waals surface area contributed by atoms with Crippen molar-refractivity contribution >= 4 is 11.8 Å². The van der Waals surface area contributed by atoms with E-state index in [4.69, 9.17) is 9.15 Å². The van der Waals surface area contributed by atoms with Crippen LogP contribution in [0.3, 0.4) is 0 Å². The van der Waals surface area contributed by atoms with Gasteiger partial charge in [0.1, 0.15) is 11.5 Å². The zero-order chi connectivity index (χ0) is 20.1. The van der Waals surface area contributed by atoms with E-state index in [2.05, 4.69) is 5.32 Å². The summed E-state index contributed by atoms with van der Waals surface area (Å²) in [7, 11) is 5.57. The molecule has 1 saturated heterocycles. The Kier molecular flexibility index (Phi) is 6.36. The number of benzene rings is 1. The molecule has 2 heterocycles. The number of furan rings is 1. The molecule has 1 fully saturated rings. The van der Waals surface area contributed by atoms with Gasteiger partial charge in [0.25, 0.3) is 0 Å². The molecule has 0 radical (unpaired) electrons. The quantitative estimate of drug-likeness (QED) is 0.753. The second kappa shape index (κ2) is 8.93. The Hall–Kier alpha value is -2.80. The summed E-state index contributed by atoms with van der Waals surface area (Å²) in [5.41, 5.74) is 1.01. The molecular formula is C21H27N3O4. The van der Waals surface area contributed by atoms with Crippen LogP contribution in [-0.2, 0) is 16.1 Å². The van der Waals surface area contributed by atoms with Gasteiger partial charge in [0.2, 0.25) is 11.8 Å². The van der Waals surface area contributed by atoms with Crippen molar-refractivity contribution in [2.45, 2.75) is 19.0 Å². The zero-order valence-electron chi connectivity index (χ0n) is 16.6. The van der Waals surface area contributed by atoms with Gasteiger partial charge in [0, 0.05) is 25.1 Å². The summed E-state index contributed by atoms with van der Waals surface area (Å²) >= 11 is 0. The van der Waals surface area contributed by atoms with E-state index < -0.39 is 0 Å². The Bertz CT molecular complexity index is 804. The summed E-state index contributed by atoms with van der Waals surface area (Å²) < 4.78 is 10.8. The van der Waals surface area contributed by atoms with Gasteiger partial charge in [-0.05, 0) is 32.3 Å². The molecule has 150 valence electrons. The van der Waals surface area contributed by atoms with Crippen LogP contribution in [-0.4, -0.2) is 55.9 Å². The molecule has 0 spiro atoms. The van der Waals surface area contributed by atoms with Gasteiger partial charge in [-0.15, -0.1) is 0 Å². The Morgan fingerprint density at radius 1 is 1.32 bits per heavy atom. The Morgan fingerprint density at radius 2 is 2.11 bits per heavy atom. The lowest BCUT2D eigenvalue weighted by atomic mass is 10.0. The highest BCUT2D eigenvalue weighted by Gasteiger charge is 2.35. The van der Waals surface area contributed by atoms with E-state index in [1.54, 1.807) is 24.3 Å². The molecule has 1 aliphatic heterocycles. The third-order valence-electron chi connectivity index (χ3n) is 5.10. The average Bonchev–Trinajstić information content (AvgIpc) is 3.32. The molecule has 1 aromatic carbocycles. The number of para-hydroxylation sites is 1. The van der Waals surface area contributed by atoms with Crippen molar-refractivity contribution in [2.75, 3.05) is 34.3 Å². The van der Waals surface area contributed by atoms with Crippen LogP contribution in [0, 0.1) is 5.92 Å². The molecule has 1 aromatic heterocycles. The second-order valence-corrected chi connectivity index (χ2v) is 7.22. The minimum atomic E-state index is -0.344. The Labute approximate surface area is 165 Å². The zero-order valence-corrected chi connectivity index (χ0v) is 16.6. The lowest BCUT2D eigenvalue weighted by Gasteiger charge is -2.27. The molecular weight excluding hydrogens is 358 g/mol. The first kappa shape index (κ1) is 19.9. The van der Waals surface area contributed by atoms with Crippen LogP contribution in [0.15, 0.2) is 47.1 Å². The van der Waals surface area contributed by atoms with Gasteiger partial charge in [0.05, 0.1) is 31.9 Å². The van der Waals surface area contributed by atoms with Crippen molar-refractivity contribution < 1.29 is 18.7 Å². The Balaban J connectivity index is 1.60. The van der Waals surface area contributed by atoms with Crippen LogP contribution in [0.25, 0.3) is 0 Å². The number of likely N-dealkylation sites (N-methyl/N-ethyl adjacent to an activating group) is 1. The molecule has 7 heteroatoms. The van der Waals surface area contributed by atoms with E-state index in [-0.39, 0.29) is 30.2 Å². The van der Waals surface area contributed by atoms with Gasteiger partial charge in [-0.2, -0.15) is 0 Å². The predicted octanol–water partition coefficient (Wildman–Crippen LogP) is 2.06. The maximum Gasteiger partial charge on any atom is 0.225 e. The third-order valence-corrected chi connectivity index (χ3v) is 5.10. The number of amides is 2. The second-order valence-electron chi connectivity index (χ2n) is 7.22. The maximum atomic E-state index is 12.7. The topological polar surface area (TPSA) is 75.0 Å². The minimum Gasteiger partial charge on any atom is -0.496 e. The highest BCUT2D eigenvalue weighted by atomic mass is 16.5. The van der Waals surface area contributed by atoms with Crippen LogP contribution < -0.4 is 10.1 Å². The normalized spacial score (nSPS) is 17.8. The average molecular weight is 385 g/mol. The molecule has 7 nitrogen and oxygen atoms in total. The van der Waals surface area contributed by atoms with Crippen LogP contribution >= 0.6 is 0 Å². The highest BCUT2D eigenvalue weighted by molar-refractivity contribution is 5.89. The summed E-state index contributed by atoms with van der Waals surface area (Å²) in [6.07, 6.45) is 1.81. The summed E-state index contributed by atoms with van der Waals surface area (Å²) in [6, 6.07) is 11.4. The van der Waals surface area contributed by atoms with Gasteiger partial charge >= 0.3 is 0 Å². The van der Waals surface area contributed by atoms with E-state index >= 15 is 0 Å². The summed E-state index contributed by atoms with van der Waals surface area (Å²) in [5.74, 6) is 1.04. The minimum absolute atomic E-state index is 0.0227. The molecule has 1 N–H and O–H groups in total. The van der Waals surface area contributed by atoms with E-state index in [0.29, 0.717) is 19.6 Å². The van der Waals surface area contributed by atoms with Gasteiger partial charge in [-0.3, -0.25) is 9.59 Å². The fourth-order valence-corrected chi connectivity index (χ4v) is 3.55. The van der Waals surface area contributed by atoms with E-state index in [9.17, 15) is 9.59 Å². The molecule has 2 amide bonds. The van der Waals surface area contributed by atoms with Gasteiger partial charge in [-0.25, -0.2) is 0 Å². The molecule has 2 atom stereocenters. The van der Waals surface area contributed by atoms with Crippen molar-refractivity contribution in [1.29, 1.82) is 0 Å². The standard InChI is InChI=1S/C21H27N3O4/c1-23(2)18(17-8-4-5-9-19(17)27-3)12-22-21(26)15-11-20(25)24(13-15)14-16-7-6-10-28-16/h4-10,15,18H,11-14H2,1-3H3,(H,22,26). The smallest absolute Gasteiger partial charge is 0.225 e. The number of rotatable bonds is 8. The van der Waals surface area contributed by atoms with Gasteiger partial charge < -0.3 is 24.3 Å². The fraction of sp³-hybridized carbons (Fsp3) is 0.429. The van der Waals surface area contributed by atoms with E-state index in [1.807, 2.05) is 49.3 Å². The van der Waals surface area contributed by atoms with Gasteiger partial charge in [0.15, 0.2) is 0 Å². The summed E-state index contributed by atoms with van der Waals surface area (Å²) in [4.78, 5) is 28.7. The number of carbonyl (C=O) groups is 2. The Morgan fingerprint density at radius 3 is 2.79 bits per heavy atom. The number of likely N-dealkylation sites (tertiary alicyclic amines) is 1. The van der Waals surface area contributed by atoms with Crippen LogP contribution in [0.1, 0.15) is 23.8 Å². The molecule has 28 heavy (non-hydrogen) atoms. The van der Waals surface area contributed by atoms with Crippen molar-refractivity contribution in [2.24, 2.45) is 5.92 Å². The predicted molar refractivity (Wildman–Crippen MR) is 105 cm³/mol. The van der Waals surface area contributed by atoms with Crippen molar-refractivity contribution in [3.8, 4) is 5.75 Å². The molecule has 0 aliphatic carbocycles. The maximum absolute atomic E-state index is 12.7. The van der Waals surface area contributed by atoms with Crippen LogP contribution in [0.5, 0.6) is 5.75 Å². The van der Waals surface area contributed by atoms with E-state index in [0.717, 1.165) is 17.1 Å². The lowest BCUT2D eigenvalue weighted by molar-refractivity contribution is -0.129. The van der Waals surface area contributed by atoms with Crippen molar-refractivity contribution in [1.82, 2.24) is 15.1 Å². The van der Waals surface area contributed by atoms with E-state index in [1.165, 1.54) is 0 Å². The molecule has 2 unspecified atom stereocenters. The number of hydrogen-bond donors (Lipinski definition) is 1. The first-order valence-electron chi connectivity index (χ1n) is 9.36. The number of ether oxygens (including phenoxy) is 1. The molecule has 1 aliphatic rings. The van der Waals surface area contributed by atoms with Crippen LogP contribution in [0.4, 0.5) is 0 Å². The monoisotopic (exact) mass is 385 g/mol. The van der Waals surface area contributed by atoms with Crippen molar-refractivity contribution in [3.63, 3.8) is 0 Å². The molecule has 0 bridgehead atoms. The number of carbonyl (C=O) groups excluding carboxylic acids is 2. The number of nitrogens with one attached hydrogen (secondary N) is 1. The summed E-state index contributed by atoms with van der Waals surface area (Å²) in [5, 5.41) is 3.02. The largest absolute Gasteiger partial charge is 0.496 e. The number of hydrogen-bond acceptors (Lipinski definition) is 5. The molecule has 2 aromatic rings. The lowest BCUT2D eigenvalue weighted by Crippen LogP contribution is -2.38. The molecule has 3 rings (SSSR count). The SMILES string of the molecule is COc1ccccc1C(CNC(=O)C1CC(=O)N(Cc2ccco2)C1)N(C)C. The molecule has 0 saturated carbocycles. The first-order chi connectivity index (χ1) is 13.5. The van der Waals surface area contributed by atoms with Crippen molar-refractivity contribution in [3.05, 3.63) is 54.0 Å². The van der Waals surface area contributed by atoms with Gasteiger partial charge in [-0.1, -0.05) is 18.2 Å². The van der Waals surface area contributed by atoms with Crippen LogP contribution in [0.2, 0.25) is 0 Å². The number of methoxy groups -OCH3 is 1. The number of nitrogens with zero attached hydrogens (tertiary/aromatic N) is 2.